The van der Waals surface area contributed by atoms with E-state index in [1.807, 2.05) is 0 Å². The third-order valence-corrected chi connectivity index (χ3v) is 0.774. The summed E-state index contributed by atoms with van der Waals surface area (Å²) < 4.78 is 26.7. The van der Waals surface area contributed by atoms with Gasteiger partial charge >= 0.3 is 37.7 Å². The van der Waals surface area contributed by atoms with Gasteiger partial charge in [0.25, 0.3) is 10.1 Å². The molecule has 0 bridgehead atoms. The van der Waals surface area contributed by atoms with Gasteiger partial charge in [0.2, 0.25) is 0 Å². The molecule has 0 atom stereocenters. The van der Waals surface area contributed by atoms with Crippen molar-refractivity contribution in [1.29, 1.82) is 0 Å². The quantitative estimate of drug-likeness (QED) is 0.378. The first kappa shape index (κ1) is 11.0. The van der Waals surface area contributed by atoms with E-state index in [9.17, 15) is 8.42 Å². The van der Waals surface area contributed by atoms with E-state index in [4.69, 9.17) is 4.55 Å². The fraction of sp³-hybridized carbons (Fsp3) is 0.500. The molecule has 41 valence electrons. The molecule has 5 heteroatoms. The Hall–Kier alpha value is 1.17. The van der Waals surface area contributed by atoms with E-state index in [0.717, 1.165) is 0 Å². The number of hydrogen-bond donors (Lipinski definition) is 1. The monoisotopic (exact) mass is 151 g/mol. The summed E-state index contributed by atoms with van der Waals surface area (Å²) in [6.07, 6.45) is 0. The molecule has 1 N–H and O–H groups in total. The summed E-state index contributed by atoms with van der Waals surface area (Å²) in [6, 6.07) is 0. The van der Waals surface area contributed by atoms with Gasteiger partial charge < -0.3 is 0 Å². The van der Waals surface area contributed by atoms with Gasteiger partial charge in [-0.05, 0) is 6.92 Å². The maximum absolute atomic E-state index is 9.49. The summed E-state index contributed by atoms with van der Waals surface area (Å²) in [5.74, 6) is -0.451. The first-order valence-electron chi connectivity index (χ1n) is 1.30. The fourth-order valence-corrected chi connectivity index (χ4v) is 0. The molecule has 0 aliphatic rings. The zero-order valence-electron chi connectivity index (χ0n) is 3.09. The summed E-state index contributed by atoms with van der Waals surface area (Å²) in [4.78, 5) is 0. The SMILES string of the molecule is [CH2]CS(=O)(=O)O.[CaH2]. The van der Waals surface area contributed by atoms with Crippen LogP contribution in [0.25, 0.3) is 0 Å². The van der Waals surface area contributed by atoms with Gasteiger partial charge in [0.1, 0.15) is 0 Å². The molecule has 0 aromatic carbocycles. The van der Waals surface area contributed by atoms with Crippen LogP contribution in [0.4, 0.5) is 0 Å². The summed E-state index contributed by atoms with van der Waals surface area (Å²) in [7, 11) is -3.77. The summed E-state index contributed by atoms with van der Waals surface area (Å²) in [5.41, 5.74) is 0. The zero-order valence-corrected chi connectivity index (χ0v) is 3.90. The van der Waals surface area contributed by atoms with E-state index < -0.39 is 15.9 Å². The number of rotatable bonds is 1. The molecule has 0 unspecified atom stereocenters. The Bertz CT molecular complexity index is 115. The predicted octanol–water partition coefficient (Wildman–Crippen LogP) is -1.21. The third kappa shape index (κ3) is 11.0. The van der Waals surface area contributed by atoms with Gasteiger partial charge in [-0.25, -0.2) is 0 Å². The second-order valence-corrected chi connectivity index (χ2v) is 2.36. The van der Waals surface area contributed by atoms with Gasteiger partial charge in [0.05, 0.1) is 5.75 Å². The second kappa shape index (κ2) is 4.09. The van der Waals surface area contributed by atoms with Crippen molar-refractivity contribution in [1.82, 2.24) is 0 Å². The van der Waals surface area contributed by atoms with E-state index in [2.05, 4.69) is 6.92 Å². The Labute approximate surface area is 72.8 Å². The summed E-state index contributed by atoms with van der Waals surface area (Å²) in [6.45, 7) is 2.92. The molecule has 0 rings (SSSR count). The molecule has 0 aromatic heterocycles. The van der Waals surface area contributed by atoms with Crippen LogP contribution in [0, 0.1) is 6.92 Å². The van der Waals surface area contributed by atoms with Crippen molar-refractivity contribution in [3.63, 3.8) is 0 Å². The molecule has 0 heterocycles. The van der Waals surface area contributed by atoms with Crippen LogP contribution in [0.5, 0.6) is 0 Å². The number of hydrogen-bond acceptors (Lipinski definition) is 2. The van der Waals surface area contributed by atoms with Crippen molar-refractivity contribution < 1.29 is 13.0 Å². The predicted molar refractivity (Wildman–Crippen MR) is 30.3 cm³/mol. The Kier molecular flexibility index (Phi) is 6.44. The normalized spacial score (nSPS) is 10.0. The van der Waals surface area contributed by atoms with E-state index in [1.54, 1.807) is 0 Å². The van der Waals surface area contributed by atoms with Gasteiger partial charge in [-0.2, -0.15) is 8.42 Å². The van der Waals surface area contributed by atoms with Gasteiger partial charge in [-0.3, -0.25) is 4.55 Å². The van der Waals surface area contributed by atoms with Gasteiger partial charge in [0.15, 0.2) is 0 Å². The van der Waals surface area contributed by atoms with Crippen LogP contribution in [0.3, 0.4) is 0 Å². The molecule has 1 radical (unpaired) electrons. The Morgan fingerprint density at radius 3 is 1.71 bits per heavy atom. The van der Waals surface area contributed by atoms with Crippen molar-refractivity contribution in [3.05, 3.63) is 6.92 Å². The van der Waals surface area contributed by atoms with Gasteiger partial charge in [-0.15, -0.1) is 0 Å². The third-order valence-electron chi connectivity index (χ3n) is 0.258. The van der Waals surface area contributed by atoms with Crippen LogP contribution in [0.15, 0.2) is 0 Å². The van der Waals surface area contributed by atoms with Crippen molar-refractivity contribution in [2.45, 2.75) is 0 Å². The first-order chi connectivity index (χ1) is 2.56. The Morgan fingerprint density at radius 1 is 1.57 bits per heavy atom. The molecule has 0 saturated carbocycles. The first-order valence-corrected chi connectivity index (χ1v) is 2.91. The van der Waals surface area contributed by atoms with Crippen LogP contribution < -0.4 is 0 Å². The average molecular weight is 151 g/mol. The van der Waals surface area contributed by atoms with E-state index in [0.29, 0.717) is 0 Å². The van der Waals surface area contributed by atoms with Crippen LogP contribution >= 0.6 is 0 Å². The van der Waals surface area contributed by atoms with Crippen LogP contribution in [0.2, 0.25) is 0 Å². The minimum absolute atomic E-state index is 0. The second-order valence-electron chi connectivity index (χ2n) is 0.786. The topological polar surface area (TPSA) is 54.4 Å². The molecule has 0 saturated heterocycles. The van der Waals surface area contributed by atoms with Gasteiger partial charge in [-0.1, -0.05) is 0 Å². The standard InChI is InChI=1S/C2H5O3S.Ca.2H/c1-2-6(3,4)5;;;/h1-2H2,(H,3,4,5);;;. The molecular weight excluding hydrogens is 144 g/mol. The van der Waals surface area contributed by atoms with Crippen molar-refractivity contribution in [2.75, 3.05) is 5.75 Å². The van der Waals surface area contributed by atoms with E-state index in [-0.39, 0.29) is 37.7 Å². The molecular formula is C2H7CaO3S. The van der Waals surface area contributed by atoms with Crippen LogP contribution in [-0.4, -0.2) is 56.5 Å². The molecule has 0 spiro atoms. The molecule has 0 aromatic rings. The molecule has 0 amide bonds. The average Bonchev–Trinajstić information content (AvgIpc) is 1.35. The maximum atomic E-state index is 9.49. The zero-order chi connectivity index (χ0) is 5.21. The van der Waals surface area contributed by atoms with Crippen molar-refractivity contribution in [2.24, 2.45) is 0 Å². The van der Waals surface area contributed by atoms with Crippen molar-refractivity contribution >= 4 is 47.9 Å². The van der Waals surface area contributed by atoms with E-state index in [1.165, 1.54) is 0 Å². The molecule has 0 aliphatic carbocycles. The molecule has 0 aliphatic heterocycles. The summed E-state index contributed by atoms with van der Waals surface area (Å²) in [5, 5.41) is 0. The molecule has 7 heavy (non-hydrogen) atoms. The molecule has 3 nitrogen and oxygen atoms in total. The van der Waals surface area contributed by atoms with Crippen molar-refractivity contribution in [3.8, 4) is 0 Å². The fourth-order valence-electron chi connectivity index (χ4n) is 0. The van der Waals surface area contributed by atoms with Crippen LogP contribution in [-0.2, 0) is 10.1 Å². The summed E-state index contributed by atoms with van der Waals surface area (Å²) >= 11 is 0. The van der Waals surface area contributed by atoms with Gasteiger partial charge in [0, 0.05) is 0 Å². The van der Waals surface area contributed by atoms with E-state index >= 15 is 0 Å². The minimum atomic E-state index is -3.77. The van der Waals surface area contributed by atoms with Crippen LogP contribution in [0.1, 0.15) is 0 Å². The molecule has 0 fully saturated rings. The Morgan fingerprint density at radius 2 is 1.71 bits per heavy atom. The Balaban J connectivity index is 0.